The van der Waals surface area contributed by atoms with Crippen molar-refractivity contribution in [1.29, 1.82) is 0 Å². The Kier molecular flexibility index (Phi) is 4.57. The molecule has 0 atom stereocenters. The molecule has 0 amide bonds. The van der Waals surface area contributed by atoms with Gasteiger partial charge in [-0.05, 0) is 30.7 Å². The van der Waals surface area contributed by atoms with Gasteiger partial charge in [0, 0.05) is 38.0 Å². The van der Waals surface area contributed by atoms with Gasteiger partial charge in [-0.3, -0.25) is 4.90 Å². The fraction of sp³-hybridized carbons (Fsp3) is 0.389. The third-order valence-electron chi connectivity index (χ3n) is 4.43. The molecule has 0 bridgehead atoms. The van der Waals surface area contributed by atoms with Crippen LogP contribution in [-0.4, -0.2) is 34.7 Å². The van der Waals surface area contributed by atoms with Crippen molar-refractivity contribution in [2.75, 3.05) is 13.1 Å². The summed E-state index contributed by atoms with van der Waals surface area (Å²) >= 11 is 0. The molecule has 1 fully saturated rings. The van der Waals surface area contributed by atoms with E-state index in [4.69, 9.17) is 9.15 Å². The Labute approximate surface area is 139 Å². The van der Waals surface area contributed by atoms with Crippen molar-refractivity contribution in [1.82, 2.24) is 4.90 Å². The number of likely N-dealkylation sites (tertiary alicyclic amines) is 1. The number of carbonyl (C=O) groups is 1. The zero-order valence-electron chi connectivity index (χ0n) is 13.5. The second-order valence-corrected chi connectivity index (χ2v) is 6.24. The number of hydrogen-bond acceptors (Lipinski definition) is 4. The zero-order chi connectivity index (χ0) is 17.2. The SMILES string of the molecule is Cc1ccc(F)c(OC2(C(=O)O)CCN(Cc3ccoc3)CC2)c1. The molecule has 0 unspecified atom stereocenters. The Bertz CT molecular complexity index is 706. The Hall–Kier alpha value is -2.34. The second-order valence-electron chi connectivity index (χ2n) is 6.24. The highest BCUT2D eigenvalue weighted by atomic mass is 19.1. The van der Waals surface area contributed by atoms with Crippen LogP contribution in [0, 0.1) is 12.7 Å². The predicted octanol–water partition coefficient (Wildman–Crippen LogP) is 3.23. The van der Waals surface area contributed by atoms with Crippen molar-refractivity contribution in [3.05, 3.63) is 53.7 Å². The zero-order valence-corrected chi connectivity index (χ0v) is 13.5. The number of rotatable bonds is 5. The molecule has 2 heterocycles. The van der Waals surface area contributed by atoms with Crippen molar-refractivity contribution in [2.45, 2.75) is 31.9 Å². The van der Waals surface area contributed by atoms with E-state index in [9.17, 15) is 14.3 Å². The van der Waals surface area contributed by atoms with Gasteiger partial charge in [0.15, 0.2) is 11.6 Å². The average Bonchev–Trinajstić information content (AvgIpc) is 3.06. The second kappa shape index (κ2) is 6.65. The van der Waals surface area contributed by atoms with Crippen LogP contribution in [-0.2, 0) is 11.3 Å². The van der Waals surface area contributed by atoms with Crippen LogP contribution >= 0.6 is 0 Å². The van der Waals surface area contributed by atoms with Crippen LogP contribution in [0.2, 0.25) is 0 Å². The number of halogens is 1. The fourth-order valence-electron chi connectivity index (χ4n) is 2.97. The standard InChI is InChI=1S/C18H20FNO4/c1-13-2-3-15(19)16(10-13)24-18(17(21)22)5-7-20(8-6-18)11-14-4-9-23-12-14/h2-4,9-10,12H,5-8,11H2,1H3,(H,21,22). The molecule has 0 spiro atoms. The van der Waals surface area contributed by atoms with Gasteiger partial charge in [-0.2, -0.15) is 0 Å². The van der Waals surface area contributed by atoms with Crippen molar-refractivity contribution in [2.24, 2.45) is 0 Å². The van der Waals surface area contributed by atoms with Crippen LogP contribution in [0.1, 0.15) is 24.0 Å². The van der Waals surface area contributed by atoms with Crippen LogP contribution < -0.4 is 4.74 Å². The van der Waals surface area contributed by atoms with Gasteiger partial charge in [0.25, 0.3) is 0 Å². The minimum absolute atomic E-state index is 0.000634. The van der Waals surface area contributed by atoms with E-state index in [0.29, 0.717) is 32.5 Å². The number of aryl methyl sites for hydroxylation is 1. The fourth-order valence-corrected chi connectivity index (χ4v) is 2.97. The molecule has 0 aliphatic carbocycles. The van der Waals surface area contributed by atoms with E-state index in [0.717, 1.165) is 11.1 Å². The Morgan fingerprint density at radius 1 is 1.38 bits per heavy atom. The number of nitrogens with zero attached hydrogens (tertiary/aromatic N) is 1. The smallest absolute Gasteiger partial charge is 0.348 e. The van der Waals surface area contributed by atoms with Gasteiger partial charge in [0.1, 0.15) is 0 Å². The van der Waals surface area contributed by atoms with E-state index in [2.05, 4.69) is 4.90 Å². The van der Waals surface area contributed by atoms with Crippen molar-refractivity contribution >= 4 is 5.97 Å². The molecule has 2 aromatic rings. The molecular weight excluding hydrogens is 313 g/mol. The summed E-state index contributed by atoms with van der Waals surface area (Å²) in [4.78, 5) is 14.0. The maximum Gasteiger partial charge on any atom is 0.348 e. The molecule has 24 heavy (non-hydrogen) atoms. The highest BCUT2D eigenvalue weighted by molar-refractivity contribution is 5.78. The van der Waals surface area contributed by atoms with Crippen LogP contribution in [0.25, 0.3) is 0 Å². The van der Waals surface area contributed by atoms with Gasteiger partial charge >= 0.3 is 5.97 Å². The first kappa shape index (κ1) is 16.5. The summed E-state index contributed by atoms with van der Waals surface area (Å²) in [6.07, 6.45) is 3.89. The number of aliphatic carboxylic acids is 1. The predicted molar refractivity (Wildman–Crippen MR) is 85.4 cm³/mol. The highest BCUT2D eigenvalue weighted by Crippen LogP contribution is 2.31. The largest absolute Gasteiger partial charge is 0.478 e. The number of piperidine rings is 1. The number of ether oxygens (including phenoxy) is 1. The summed E-state index contributed by atoms with van der Waals surface area (Å²) in [5, 5.41) is 9.67. The van der Waals surface area contributed by atoms with Crippen molar-refractivity contribution in [3.8, 4) is 5.75 Å². The van der Waals surface area contributed by atoms with E-state index in [1.165, 1.54) is 12.1 Å². The molecule has 5 nitrogen and oxygen atoms in total. The first-order valence-electron chi connectivity index (χ1n) is 7.90. The summed E-state index contributed by atoms with van der Waals surface area (Å²) in [6, 6.07) is 6.35. The molecule has 1 saturated heterocycles. The van der Waals surface area contributed by atoms with Gasteiger partial charge in [0.2, 0.25) is 5.60 Å². The molecular formula is C18H20FNO4. The van der Waals surface area contributed by atoms with Gasteiger partial charge in [-0.15, -0.1) is 0 Å². The van der Waals surface area contributed by atoms with Crippen LogP contribution in [0.3, 0.4) is 0 Å². The summed E-state index contributed by atoms with van der Waals surface area (Å²) in [7, 11) is 0. The lowest BCUT2D eigenvalue weighted by Crippen LogP contribution is -2.53. The van der Waals surface area contributed by atoms with Gasteiger partial charge < -0.3 is 14.3 Å². The average molecular weight is 333 g/mol. The number of carboxylic acids is 1. The Morgan fingerprint density at radius 3 is 2.75 bits per heavy atom. The molecule has 0 radical (unpaired) electrons. The Morgan fingerprint density at radius 2 is 2.12 bits per heavy atom. The lowest BCUT2D eigenvalue weighted by Gasteiger charge is -2.38. The molecule has 1 aliphatic heterocycles. The monoisotopic (exact) mass is 333 g/mol. The van der Waals surface area contributed by atoms with E-state index in [1.54, 1.807) is 18.6 Å². The minimum atomic E-state index is -1.39. The molecule has 0 saturated carbocycles. The summed E-state index contributed by atoms with van der Waals surface area (Å²) in [5.41, 5.74) is 0.481. The topological polar surface area (TPSA) is 62.9 Å². The van der Waals surface area contributed by atoms with Gasteiger partial charge in [0.05, 0.1) is 12.5 Å². The normalized spacial score (nSPS) is 17.6. The molecule has 3 rings (SSSR count). The van der Waals surface area contributed by atoms with E-state index >= 15 is 0 Å². The number of benzene rings is 1. The number of carboxylic acid groups (broad SMARTS) is 1. The molecule has 1 aliphatic rings. The van der Waals surface area contributed by atoms with Crippen molar-refractivity contribution < 1.29 is 23.4 Å². The van der Waals surface area contributed by atoms with E-state index in [-0.39, 0.29) is 5.75 Å². The van der Waals surface area contributed by atoms with Gasteiger partial charge in [-0.1, -0.05) is 6.07 Å². The van der Waals surface area contributed by atoms with E-state index < -0.39 is 17.4 Å². The molecule has 6 heteroatoms. The molecule has 1 aromatic heterocycles. The summed E-state index contributed by atoms with van der Waals surface area (Å²) in [6.45, 7) is 3.63. The maximum atomic E-state index is 13.9. The lowest BCUT2D eigenvalue weighted by molar-refractivity contribution is -0.160. The number of hydrogen-bond donors (Lipinski definition) is 1. The van der Waals surface area contributed by atoms with Crippen LogP contribution in [0.15, 0.2) is 41.2 Å². The number of furan rings is 1. The maximum absolute atomic E-state index is 13.9. The highest BCUT2D eigenvalue weighted by Gasteiger charge is 2.44. The van der Waals surface area contributed by atoms with Crippen LogP contribution in [0.5, 0.6) is 5.75 Å². The minimum Gasteiger partial charge on any atom is -0.478 e. The lowest BCUT2D eigenvalue weighted by atomic mass is 9.90. The first-order valence-corrected chi connectivity index (χ1v) is 7.90. The van der Waals surface area contributed by atoms with Crippen molar-refractivity contribution in [3.63, 3.8) is 0 Å². The summed E-state index contributed by atoms with van der Waals surface area (Å²) in [5.74, 6) is -1.59. The quantitative estimate of drug-likeness (QED) is 0.910. The summed E-state index contributed by atoms with van der Waals surface area (Å²) < 4.78 is 24.7. The first-order chi connectivity index (χ1) is 11.5. The molecule has 128 valence electrons. The van der Waals surface area contributed by atoms with Crippen LogP contribution in [0.4, 0.5) is 4.39 Å². The Balaban J connectivity index is 1.71. The van der Waals surface area contributed by atoms with Gasteiger partial charge in [-0.25, -0.2) is 9.18 Å². The molecule has 1 N–H and O–H groups in total. The third kappa shape index (κ3) is 3.43. The molecule has 1 aromatic carbocycles. The van der Waals surface area contributed by atoms with E-state index in [1.807, 2.05) is 13.0 Å². The third-order valence-corrected chi connectivity index (χ3v) is 4.43.